The minimum Gasteiger partial charge on any atom is -0.481 e. The Morgan fingerprint density at radius 3 is 2.10 bits per heavy atom. The first-order valence-electron chi connectivity index (χ1n) is 8.71. The maximum Gasteiger partial charge on any atom is 0.303 e. The van der Waals surface area contributed by atoms with E-state index in [-0.39, 0.29) is 6.42 Å². The van der Waals surface area contributed by atoms with Crippen LogP contribution in [0.15, 0.2) is 12.2 Å². The van der Waals surface area contributed by atoms with Crippen LogP contribution < -0.4 is 0 Å². The number of unbranched alkanes of at least 4 members (excludes halogenated alkanes) is 9. The van der Waals surface area contributed by atoms with Crippen molar-refractivity contribution in [1.82, 2.24) is 0 Å². The van der Waals surface area contributed by atoms with Gasteiger partial charge in [-0.15, -0.1) is 0 Å². The maximum atomic E-state index is 10.3. The molecule has 0 fully saturated rings. The number of carboxylic acid groups (broad SMARTS) is 1. The van der Waals surface area contributed by atoms with E-state index in [1.54, 1.807) is 0 Å². The minimum atomic E-state index is -0.840. The molecule has 0 heterocycles. The Labute approximate surface area is 130 Å². The van der Waals surface area contributed by atoms with Gasteiger partial charge >= 0.3 is 5.97 Å². The summed E-state index contributed by atoms with van der Waals surface area (Å²) in [7, 11) is 0. The van der Waals surface area contributed by atoms with Gasteiger partial charge in [0.15, 0.2) is 0 Å². The SMILES string of the molecule is CCCCCCCCCCC/C=C\CC(O)CCC(=O)O. The molecule has 3 nitrogen and oxygen atoms in total. The molecule has 2 N–H and O–H groups in total. The average Bonchev–Trinajstić information content (AvgIpc) is 2.46. The zero-order valence-corrected chi connectivity index (χ0v) is 13.7. The van der Waals surface area contributed by atoms with Crippen LogP contribution >= 0.6 is 0 Å². The Kier molecular flexibility index (Phi) is 14.9. The molecule has 0 rings (SSSR count). The predicted molar refractivity (Wildman–Crippen MR) is 88.5 cm³/mol. The smallest absolute Gasteiger partial charge is 0.303 e. The molecule has 0 spiro atoms. The molecule has 0 saturated carbocycles. The standard InChI is InChI=1S/C18H34O3/c1-2-3-4-5-6-7-8-9-10-11-12-13-14-17(19)15-16-18(20)21/h12-13,17,19H,2-11,14-16H2,1H3,(H,20,21)/b13-12-. The molecule has 0 saturated heterocycles. The summed E-state index contributed by atoms with van der Waals surface area (Å²) < 4.78 is 0. The first-order valence-corrected chi connectivity index (χ1v) is 8.71. The zero-order chi connectivity index (χ0) is 15.8. The number of hydrogen-bond donors (Lipinski definition) is 2. The lowest BCUT2D eigenvalue weighted by molar-refractivity contribution is -0.137. The van der Waals surface area contributed by atoms with Gasteiger partial charge in [0.05, 0.1) is 6.10 Å². The van der Waals surface area contributed by atoms with Gasteiger partial charge in [0, 0.05) is 6.42 Å². The number of aliphatic carboxylic acids is 1. The predicted octanol–water partition coefficient (Wildman–Crippen LogP) is 5.08. The third-order valence-corrected chi connectivity index (χ3v) is 3.74. The fourth-order valence-corrected chi connectivity index (χ4v) is 2.35. The number of rotatable bonds is 15. The molecule has 0 aromatic carbocycles. The normalized spacial score (nSPS) is 12.9. The summed E-state index contributed by atoms with van der Waals surface area (Å²) in [5.41, 5.74) is 0. The van der Waals surface area contributed by atoms with E-state index in [1.165, 1.54) is 57.8 Å². The van der Waals surface area contributed by atoms with Crippen LogP contribution in [-0.2, 0) is 4.79 Å². The quantitative estimate of drug-likeness (QED) is 0.327. The lowest BCUT2D eigenvalue weighted by Crippen LogP contribution is -2.07. The largest absolute Gasteiger partial charge is 0.481 e. The van der Waals surface area contributed by atoms with Crippen molar-refractivity contribution in [2.24, 2.45) is 0 Å². The fraction of sp³-hybridized carbons (Fsp3) is 0.833. The summed E-state index contributed by atoms with van der Waals surface area (Å²) >= 11 is 0. The first-order chi connectivity index (χ1) is 10.2. The summed E-state index contributed by atoms with van der Waals surface area (Å²) in [5, 5.41) is 18.1. The van der Waals surface area contributed by atoms with E-state index in [9.17, 15) is 9.90 Å². The van der Waals surface area contributed by atoms with E-state index < -0.39 is 12.1 Å². The maximum absolute atomic E-state index is 10.3. The number of carbonyl (C=O) groups is 1. The molecule has 0 amide bonds. The molecular formula is C18H34O3. The van der Waals surface area contributed by atoms with Crippen molar-refractivity contribution in [2.75, 3.05) is 0 Å². The van der Waals surface area contributed by atoms with Crippen molar-refractivity contribution in [1.29, 1.82) is 0 Å². The lowest BCUT2D eigenvalue weighted by Gasteiger charge is -2.04. The Bertz CT molecular complexity index is 261. The van der Waals surface area contributed by atoms with Crippen LogP contribution in [0.4, 0.5) is 0 Å². The van der Waals surface area contributed by atoms with Crippen molar-refractivity contribution >= 4 is 5.97 Å². The van der Waals surface area contributed by atoms with Gasteiger partial charge < -0.3 is 10.2 Å². The van der Waals surface area contributed by atoms with Gasteiger partial charge in [-0.05, 0) is 25.7 Å². The van der Waals surface area contributed by atoms with Crippen LogP contribution in [0.3, 0.4) is 0 Å². The first kappa shape index (κ1) is 20.2. The third kappa shape index (κ3) is 17.1. The van der Waals surface area contributed by atoms with Crippen LogP contribution in [0.2, 0.25) is 0 Å². The molecule has 3 heteroatoms. The van der Waals surface area contributed by atoms with Crippen LogP contribution in [0, 0.1) is 0 Å². The third-order valence-electron chi connectivity index (χ3n) is 3.74. The summed E-state index contributed by atoms with van der Waals surface area (Å²) in [5.74, 6) is -0.840. The summed E-state index contributed by atoms with van der Waals surface area (Å²) in [4.78, 5) is 10.3. The van der Waals surface area contributed by atoms with Gasteiger partial charge in [0.2, 0.25) is 0 Å². The Hall–Kier alpha value is -0.830. The van der Waals surface area contributed by atoms with Crippen LogP contribution in [0.5, 0.6) is 0 Å². The second-order valence-corrected chi connectivity index (χ2v) is 5.91. The van der Waals surface area contributed by atoms with Gasteiger partial charge in [-0.25, -0.2) is 0 Å². The van der Waals surface area contributed by atoms with E-state index in [0.717, 1.165) is 6.42 Å². The number of aliphatic hydroxyl groups is 1. The second-order valence-electron chi connectivity index (χ2n) is 5.91. The summed E-state index contributed by atoms with van der Waals surface area (Å²) in [6.07, 6.45) is 17.7. The minimum absolute atomic E-state index is 0.0489. The molecular weight excluding hydrogens is 264 g/mol. The second kappa shape index (κ2) is 15.6. The van der Waals surface area contributed by atoms with E-state index in [4.69, 9.17) is 5.11 Å². The highest BCUT2D eigenvalue weighted by Crippen LogP contribution is 2.11. The van der Waals surface area contributed by atoms with Gasteiger partial charge in [0.1, 0.15) is 0 Å². The number of hydrogen-bond acceptors (Lipinski definition) is 2. The molecule has 124 valence electrons. The molecule has 0 bridgehead atoms. The molecule has 1 atom stereocenters. The van der Waals surface area contributed by atoms with Gasteiger partial charge in [-0.3, -0.25) is 4.79 Å². The van der Waals surface area contributed by atoms with Gasteiger partial charge in [0.25, 0.3) is 0 Å². The van der Waals surface area contributed by atoms with Crippen LogP contribution in [0.25, 0.3) is 0 Å². The highest BCUT2D eigenvalue weighted by atomic mass is 16.4. The fourth-order valence-electron chi connectivity index (χ4n) is 2.35. The van der Waals surface area contributed by atoms with Gasteiger partial charge in [-0.1, -0.05) is 70.4 Å². The molecule has 21 heavy (non-hydrogen) atoms. The topological polar surface area (TPSA) is 57.5 Å². The summed E-state index contributed by atoms with van der Waals surface area (Å²) in [6.45, 7) is 2.25. The van der Waals surface area contributed by atoms with E-state index >= 15 is 0 Å². The molecule has 0 aliphatic heterocycles. The van der Waals surface area contributed by atoms with E-state index in [1.807, 2.05) is 6.08 Å². The average molecular weight is 298 g/mol. The van der Waals surface area contributed by atoms with Crippen LogP contribution in [0.1, 0.15) is 90.4 Å². The van der Waals surface area contributed by atoms with E-state index in [2.05, 4.69) is 13.0 Å². The molecule has 0 aliphatic rings. The zero-order valence-electron chi connectivity index (χ0n) is 13.7. The Balaban J connectivity index is 3.23. The number of carboxylic acids is 1. The van der Waals surface area contributed by atoms with Crippen molar-refractivity contribution in [3.63, 3.8) is 0 Å². The molecule has 0 aromatic rings. The van der Waals surface area contributed by atoms with Crippen molar-refractivity contribution in [3.8, 4) is 0 Å². The Morgan fingerprint density at radius 1 is 0.952 bits per heavy atom. The van der Waals surface area contributed by atoms with Crippen LogP contribution in [-0.4, -0.2) is 22.3 Å². The molecule has 0 radical (unpaired) electrons. The number of aliphatic hydroxyl groups excluding tert-OH is 1. The van der Waals surface area contributed by atoms with Crippen molar-refractivity contribution < 1.29 is 15.0 Å². The number of allylic oxidation sites excluding steroid dienone is 1. The molecule has 0 aliphatic carbocycles. The highest BCUT2D eigenvalue weighted by molar-refractivity contribution is 5.66. The monoisotopic (exact) mass is 298 g/mol. The highest BCUT2D eigenvalue weighted by Gasteiger charge is 2.04. The molecule has 0 aromatic heterocycles. The van der Waals surface area contributed by atoms with Crippen molar-refractivity contribution in [3.05, 3.63) is 12.2 Å². The Morgan fingerprint density at radius 2 is 1.52 bits per heavy atom. The lowest BCUT2D eigenvalue weighted by atomic mass is 10.1. The summed E-state index contributed by atoms with van der Waals surface area (Å²) in [6, 6.07) is 0. The molecule has 1 unspecified atom stereocenters. The van der Waals surface area contributed by atoms with Crippen molar-refractivity contribution in [2.45, 2.75) is 96.5 Å². The van der Waals surface area contributed by atoms with Gasteiger partial charge in [-0.2, -0.15) is 0 Å². The van der Waals surface area contributed by atoms with E-state index in [0.29, 0.717) is 12.8 Å².